The number of imidazole rings is 1. The largest absolute Gasteiger partial charge is 0.466 e. The molecule has 3 aromatic rings. The van der Waals surface area contributed by atoms with Crippen molar-refractivity contribution in [3.63, 3.8) is 0 Å². The van der Waals surface area contributed by atoms with Crippen LogP contribution in [0.15, 0.2) is 34.7 Å². The number of aryl methyl sites for hydroxylation is 3. The number of anilines is 1. The normalized spacial score (nSPS) is 11.0. The molecule has 0 saturated heterocycles. The SMILES string of the molecule is CCCn1c(NC(=O)c2cc(C)oc2C)nc2ccccc21. The summed E-state index contributed by atoms with van der Waals surface area (Å²) in [6.07, 6.45) is 0.965. The Morgan fingerprint density at radius 3 is 2.77 bits per heavy atom. The molecule has 1 aromatic carbocycles. The van der Waals surface area contributed by atoms with Crippen molar-refractivity contribution in [2.45, 2.75) is 33.7 Å². The molecule has 1 amide bonds. The van der Waals surface area contributed by atoms with Crippen LogP contribution in [0.5, 0.6) is 0 Å². The number of carbonyl (C=O) groups excluding carboxylic acids is 1. The van der Waals surface area contributed by atoms with Gasteiger partial charge in [0.05, 0.1) is 16.6 Å². The van der Waals surface area contributed by atoms with E-state index in [-0.39, 0.29) is 5.91 Å². The molecule has 1 N–H and O–H groups in total. The van der Waals surface area contributed by atoms with E-state index in [4.69, 9.17) is 4.42 Å². The monoisotopic (exact) mass is 297 g/mol. The van der Waals surface area contributed by atoms with Crippen molar-refractivity contribution in [2.75, 3.05) is 5.32 Å². The number of carbonyl (C=O) groups is 1. The maximum atomic E-state index is 12.5. The van der Waals surface area contributed by atoms with E-state index >= 15 is 0 Å². The molecule has 0 fully saturated rings. The molecular formula is C17H19N3O2. The summed E-state index contributed by atoms with van der Waals surface area (Å²) in [7, 11) is 0. The Morgan fingerprint density at radius 1 is 1.32 bits per heavy atom. The zero-order chi connectivity index (χ0) is 15.7. The number of aromatic nitrogens is 2. The van der Waals surface area contributed by atoms with E-state index in [2.05, 4.69) is 17.2 Å². The fourth-order valence-corrected chi connectivity index (χ4v) is 2.65. The molecule has 0 spiro atoms. The number of fused-ring (bicyclic) bond motifs is 1. The lowest BCUT2D eigenvalue weighted by atomic mass is 10.2. The van der Waals surface area contributed by atoms with E-state index in [1.165, 1.54) is 0 Å². The Balaban J connectivity index is 1.97. The van der Waals surface area contributed by atoms with E-state index in [0.717, 1.165) is 29.8 Å². The molecular weight excluding hydrogens is 278 g/mol. The standard InChI is InChI=1S/C17H19N3O2/c1-4-9-20-15-8-6-5-7-14(15)18-17(20)19-16(21)13-10-11(2)22-12(13)3/h5-8,10H,4,9H2,1-3H3,(H,18,19,21). The molecule has 0 unspecified atom stereocenters. The molecule has 5 nitrogen and oxygen atoms in total. The first-order valence-corrected chi connectivity index (χ1v) is 7.43. The minimum absolute atomic E-state index is 0.193. The van der Waals surface area contributed by atoms with Crippen molar-refractivity contribution in [1.82, 2.24) is 9.55 Å². The number of nitrogens with zero attached hydrogens (tertiary/aromatic N) is 2. The summed E-state index contributed by atoms with van der Waals surface area (Å²) in [5.74, 6) is 1.73. The van der Waals surface area contributed by atoms with Gasteiger partial charge in [-0.25, -0.2) is 4.98 Å². The van der Waals surface area contributed by atoms with Crippen molar-refractivity contribution < 1.29 is 9.21 Å². The third-order valence-corrected chi connectivity index (χ3v) is 3.61. The zero-order valence-electron chi connectivity index (χ0n) is 13.0. The summed E-state index contributed by atoms with van der Waals surface area (Å²) >= 11 is 0. The van der Waals surface area contributed by atoms with Crippen LogP contribution >= 0.6 is 0 Å². The summed E-state index contributed by atoms with van der Waals surface area (Å²) in [5.41, 5.74) is 2.46. The van der Waals surface area contributed by atoms with Crippen molar-refractivity contribution in [3.05, 3.63) is 47.4 Å². The van der Waals surface area contributed by atoms with Crippen molar-refractivity contribution >= 4 is 22.9 Å². The van der Waals surface area contributed by atoms with Gasteiger partial charge < -0.3 is 8.98 Å². The molecule has 0 atom stereocenters. The van der Waals surface area contributed by atoms with Crippen LogP contribution in [0, 0.1) is 13.8 Å². The van der Waals surface area contributed by atoms with Crippen LogP contribution < -0.4 is 5.32 Å². The van der Waals surface area contributed by atoms with Gasteiger partial charge in [0.2, 0.25) is 5.95 Å². The minimum atomic E-state index is -0.193. The number of nitrogens with one attached hydrogen (secondary N) is 1. The van der Waals surface area contributed by atoms with Crippen LogP contribution in [0.4, 0.5) is 5.95 Å². The number of amides is 1. The summed E-state index contributed by atoms with van der Waals surface area (Å²) in [6, 6.07) is 9.63. The second-order valence-corrected chi connectivity index (χ2v) is 5.36. The molecule has 2 aromatic heterocycles. The minimum Gasteiger partial charge on any atom is -0.466 e. The highest BCUT2D eigenvalue weighted by Gasteiger charge is 2.17. The molecule has 0 saturated carbocycles. The van der Waals surface area contributed by atoms with Gasteiger partial charge >= 0.3 is 0 Å². The number of para-hydroxylation sites is 2. The fraction of sp³-hybridized carbons (Fsp3) is 0.294. The Bertz CT molecular complexity index is 830. The molecule has 0 aliphatic carbocycles. The lowest BCUT2D eigenvalue weighted by molar-refractivity contribution is 0.102. The van der Waals surface area contributed by atoms with E-state index < -0.39 is 0 Å². The molecule has 3 rings (SSSR count). The maximum Gasteiger partial charge on any atom is 0.261 e. The average Bonchev–Trinajstić information content (AvgIpc) is 3.00. The van der Waals surface area contributed by atoms with Crippen LogP contribution in [0.3, 0.4) is 0 Å². The third kappa shape index (κ3) is 2.50. The summed E-state index contributed by atoms with van der Waals surface area (Å²) in [6.45, 7) is 6.52. The van der Waals surface area contributed by atoms with Crippen LogP contribution in [0.2, 0.25) is 0 Å². The highest BCUT2D eigenvalue weighted by Crippen LogP contribution is 2.21. The molecule has 22 heavy (non-hydrogen) atoms. The van der Waals surface area contributed by atoms with Crippen LogP contribution in [0.1, 0.15) is 35.2 Å². The number of furan rings is 1. The number of hydrogen-bond acceptors (Lipinski definition) is 3. The third-order valence-electron chi connectivity index (χ3n) is 3.61. The van der Waals surface area contributed by atoms with Gasteiger partial charge in [0.25, 0.3) is 5.91 Å². The smallest absolute Gasteiger partial charge is 0.261 e. The Hall–Kier alpha value is -2.56. The van der Waals surface area contributed by atoms with Gasteiger partial charge in [-0.15, -0.1) is 0 Å². The highest BCUT2D eigenvalue weighted by molar-refractivity contribution is 6.04. The van der Waals surface area contributed by atoms with E-state index in [1.54, 1.807) is 13.0 Å². The molecule has 2 heterocycles. The summed E-state index contributed by atoms with van der Waals surface area (Å²) < 4.78 is 7.46. The van der Waals surface area contributed by atoms with Crippen molar-refractivity contribution in [1.29, 1.82) is 0 Å². The maximum absolute atomic E-state index is 12.5. The second kappa shape index (κ2) is 5.67. The lowest BCUT2D eigenvalue weighted by Gasteiger charge is -2.08. The van der Waals surface area contributed by atoms with Gasteiger partial charge in [0.1, 0.15) is 11.5 Å². The highest BCUT2D eigenvalue weighted by atomic mass is 16.3. The first kappa shape index (κ1) is 14.4. The van der Waals surface area contributed by atoms with E-state index in [0.29, 0.717) is 17.3 Å². The van der Waals surface area contributed by atoms with Gasteiger partial charge in [0.15, 0.2) is 0 Å². The molecule has 114 valence electrons. The van der Waals surface area contributed by atoms with E-state index in [9.17, 15) is 4.79 Å². The Kier molecular flexibility index (Phi) is 3.71. The van der Waals surface area contributed by atoms with Gasteiger partial charge in [-0.2, -0.15) is 0 Å². The Morgan fingerprint density at radius 2 is 2.09 bits per heavy atom. The van der Waals surface area contributed by atoms with E-state index in [1.807, 2.05) is 35.8 Å². The Labute approximate surface area is 129 Å². The summed E-state index contributed by atoms with van der Waals surface area (Å²) in [5, 5.41) is 2.91. The fourth-order valence-electron chi connectivity index (χ4n) is 2.65. The zero-order valence-corrected chi connectivity index (χ0v) is 13.0. The summed E-state index contributed by atoms with van der Waals surface area (Å²) in [4.78, 5) is 17.0. The topological polar surface area (TPSA) is 60.1 Å². The predicted molar refractivity (Wildman–Crippen MR) is 86.2 cm³/mol. The van der Waals surface area contributed by atoms with Crippen molar-refractivity contribution in [2.24, 2.45) is 0 Å². The second-order valence-electron chi connectivity index (χ2n) is 5.36. The van der Waals surface area contributed by atoms with Gasteiger partial charge in [0, 0.05) is 6.54 Å². The molecule has 0 aliphatic rings. The lowest BCUT2D eigenvalue weighted by Crippen LogP contribution is -2.16. The molecule has 0 aliphatic heterocycles. The van der Waals surface area contributed by atoms with Gasteiger partial charge in [-0.1, -0.05) is 19.1 Å². The molecule has 0 radical (unpaired) electrons. The number of benzene rings is 1. The van der Waals surface area contributed by atoms with Crippen LogP contribution in [0.25, 0.3) is 11.0 Å². The number of rotatable bonds is 4. The van der Waals surface area contributed by atoms with Gasteiger partial charge in [-0.3, -0.25) is 10.1 Å². The van der Waals surface area contributed by atoms with Crippen LogP contribution in [-0.4, -0.2) is 15.5 Å². The molecule has 0 bridgehead atoms. The predicted octanol–water partition coefficient (Wildman–Crippen LogP) is 3.91. The first-order chi connectivity index (χ1) is 10.6. The quantitative estimate of drug-likeness (QED) is 0.794. The average molecular weight is 297 g/mol. The van der Waals surface area contributed by atoms with Crippen molar-refractivity contribution in [3.8, 4) is 0 Å². The van der Waals surface area contributed by atoms with Gasteiger partial charge in [-0.05, 0) is 38.5 Å². The van der Waals surface area contributed by atoms with Crippen LogP contribution in [-0.2, 0) is 6.54 Å². The first-order valence-electron chi connectivity index (χ1n) is 7.43. The number of hydrogen-bond donors (Lipinski definition) is 1. The molecule has 5 heteroatoms.